The molecular weight excluding hydrogens is 1130 g/mol. The highest BCUT2D eigenvalue weighted by atomic mass is 32.2. The number of hydrogen-bond acceptors (Lipinski definition) is 21. The Morgan fingerprint density at radius 1 is 0.963 bits per heavy atom. The van der Waals surface area contributed by atoms with Gasteiger partial charge in [-0.25, -0.2) is 28.6 Å². The molecule has 18 atom stereocenters. The Bertz CT molecular complexity index is 2760. The van der Waals surface area contributed by atoms with Crippen LogP contribution < -0.4 is 16.4 Å². The van der Waals surface area contributed by atoms with Crippen LogP contribution in [0.15, 0.2) is 24.3 Å². The van der Waals surface area contributed by atoms with Crippen molar-refractivity contribution < 1.29 is 95.8 Å². The van der Waals surface area contributed by atoms with Crippen molar-refractivity contribution in [1.82, 2.24) is 30.2 Å². The van der Waals surface area contributed by atoms with Crippen molar-refractivity contribution in [2.45, 2.75) is 162 Å². The highest BCUT2D eigenvalue weighted by Gasteiger charge is 2.69. The molecule has 1 saturated heterocycles. The lowest BCUT2D eigenvalue weighted by atomic mass is 9.41. The number of aliphatic hydroxyl groups is 5. The van der Waals surface area contributed by atoms with Crippen LogP contribution in [0.5, 0.6) is 0 Å². The Morgan fingerprint density at radius 2 is 1.66 bits per heavy atom. The normalized spacial score (nSPS) is 35.0. The van der Waals surface area contributed by atoms with Crippen LogP contribution >= 0.6 is 35.2 Å². The van der Waals surface area contributed by atoms with Crippen LogP contribution in [0.4, 0.5) is 5.82 Å². The van der Waals surface area contributed by atoms with Crippen molar-refractivity contribution in [1.29, 1.82) is 0 Å². The van der Waals surface area contributed by atoms with Crippen molar-refractivity contribution >= 4 is 69.1 Å². The van der Waals surface area contributed by atoms with E-state index in [4.69, 9.17) is 19.5 Å². The van der Waals surface area contributed by atoms with Crippen molar-refractivity contribution in [3.63, 3.8) is 0 Å². The summed E-state index contributed by atoms with van der Waals surface area (Å²) in [4.78, 5) is 89.9. The second-order valence-corrected chi connectivity index (χ2v) is 29.1. The van der Waals surface area contributed by atoms with Crippen LogP contribution in [-0.4, -0.2) is 156 Å². The highest BCUT2D eigenvalue weighted by Crippen LogP contribution is 2.72. The first kappa shape index (κ1) is 64.7. The number of fused-ring (bicyclic) bond motifs is 6. The van der Waals surface area contributed by atoms with Crippen molar-refractivity contribution in [3.8, 4) is 0 Å². The van der Waals surface area contributed by atoms with Gasteiger partial charge >= 0.3 is 23.5 Å². The summed E-state index contributed by atoms with van der Waals surface area (Å²) in [5.41, 5.74) is 4.28. The minimum atomic E-state index is -5.61. The molecule has 31 heteroatoms. The van der Waals surface area contributed by atoms with Crippen molar-refractivity contribution in [2.24, 2.45) is 51.2 Å². The van der Waals surface area contributed by atoms with E-state index in [1.165, 1.54) is 13.8 Å². The van der Waals surface area contributed by atoms with Gasteiger partial charge in [-0.15, -0.1) is 0 Å². The lowest BCUT2D eigenvalue weighted by Gasteiger charge is -2.65. The van der Waals surface area contributed by atoms with E-state index in [2.05, 4.69) is 62.1 Å². The van der Waals surface area contributed by atoms with Gasteiger partial charge in [-0.3, -0.25) is 32.5 Å². The number of ether oxygens (including phenoxy) is 1. The summed E-state index contributed by atoms with van der Waals surface area (Å²) in [6.45, 7) is 11.2. The van der Waals surface area contributed by atoms with Gasteiger partial charge in [-0.1, -0.05) is 59.4 Å². The number of aliphatic hydroxyl groups excluding tert-OH is 5. The zero-order valence-electron chi connectivity index (χ0n) is 46.0. The molecule has 4 aliphatic carbocycles. The summed E-state index contributed by atoms with van der Waals surface area (Å²) in [7, 11) is -16.5. The quantitative estimate of drug-likeness (QED) is 0.0407. The molecule has 27 nitrogen and oxygen atoms in total. The number of anilines is 1. The number of nitrogens with one attached hydrogen (secondary N) is 2. The lowest BCUT2D eigenvalue weighted by molar-refractivity contribution is -0.219. The molecule has 80 heavy (non-hydrogen) atoms. The summed E-state index contributed by atoms with van der Waals surface area (Å²) in [5.74, 6) is -0.216. The van der Waals surface area contributed by atoms with Gasteiger partial charge in [-0.2, -0.15) is 4.31 Å². The van der Waals surface area contributed by atoms with Gasteiger partial charge in [0.1, 0.15) is 36.3 Å². The van der Waals surface area contributed by atoms with Crippen molar-refractivity contribution in [3.05, 3.63) is 24.3 Å². The first-order valence-corrected chi connectivity index (χ1v) is 32.4. The fourth-order valence-corrected chi connectivity index (χ4v) is 17.2. The Morgan fingerprint density at radius 3 is 2.36 bits per heavy atom. The highest BCUT2D eigenvalue weighted by molar-refractivity contribution is 8.14. The average Bonchev–Trinajstić information content (AvgIpc) is 4.20. The topological polar surface area (TPSA) is 424 Å². The molecule has 3 heterocycles. The van der Waals surface area contributed by atoms with Gasteiger partial charge in [0.05, 0.1) is 37.9 Å². The number of aromatic nitrogens is 4. The van der Waals surface area contributed by atoms with Crippen LogP contribution in [-0.2, 0) is 50.7 Å². The predicted molar refractivity (Wildman–Crippen MR) is 288 cm³/mol. The maximum absolute atomic E-state index is 13.1. The minimum absolute atomic E-state index is 0.00360. The molecule has 2 unspecified atom stereocenters. The van der Waals surface area contributed by atoms with Gasteiger partial charge in [0.25, 0.3) is 0 Å². The molecule has 5 aliphatic rings. The number of allylic oxidation sites excluding steroid dienone is 1. The SMILES string of the molecule is C/C(=C\CC[C@@H](C)[C@@]1(C)CC[C@H]2[C@@H]3[C@H](O)C[C@H]4C[C@H](O)CC[C@]4(C)[C@H]3C[C@H](O)[C@@]21C)C(=O)SCCNC(=O)CCNC(=O)[C@H](O)C(C)(C)COP(=O)(O)OP(=O)(O)OC[C@H]1O[C@@H](n2cnc3c(N)ncnc32)[C@H](O)[C@@H]1OP(=O)(O)O. The third-order valence-electron chi connectivity index (χ3n) is 18.6. The van der Waals surface area contributed by atoms with Crippen LogP contribution in [0.25, 0.3) is 11.2 Å². The third-order valence-corrected chi connectivity index (χ3v) is 22.7. The molecule has 4 saturated carbocycles. The van der Waals surface area contributed by atoms with Gasteiger partial charge in [-0.05, 0) is 111 Å². The van der Waals surface area contributed by atoms with Crippen molar-refractivity contribution in [2.75, 3.05) is 37.8 Å². The second kappa shape index (κ2) is 25.0. The maximum Gasteiger partial charge on any atom is 0.481 e. The number of rotatable bonds is 24. The summed E-state index contributed by atoms with van der Waals surface area (Å²) in [6.07, 6.45) is 0.763. The van der Waals surface area contributed by atoms with Crippen LogP contribution in [0.2, 0.25) is 0 Å². The number of nitrogens with zero attached hydrogens (tertiary/aromatic N) is 4. The molecule has 13 N–H and O–H groups in total. The monoisotopic (exact) mass is 1210 g/mol. The van der Waals surface area contributed by atoms with Crippen LogP contribution in [0.1, 0.15) is 119 Å². The molecule has 2 amide bonds. The Balaban J connectivity index is 0.789. The number of amides is 2. The third kappa shape index (κ3) is 14.0. The van der Waals surface area contributed by atoms with Crippen LogP contribution in [0.3, 0.4) is 0 Å². The second-order valence-electron chi connectivity index (χ2n) is 23.8. The lowest BCUT2D eigenvalue weighted by Crippen LogP contribution is -2.63. The predicted octanol–water partition coefficient (Wildman–Crippen LogP) is 3.38. The number of nitrogens with two attached hydrogens (primary N) is 1. The molecule has 2 aromatic rings. The van der Waals surface area contributed by atoms with E-state index in [1.807, 2.05) is 6.08 Å². The molecule has 7 rings (SSSR count). The number of hydrogen-bond donors (Lipinski definition) is 12. The first-order chi connectivity index (χ1) is 37.1. The van der Waals surface area contributed by atoms with Gasteiger partial charge in [0.2, 0.25) is 16.9 Å². The molecule has 0 bridgehead atoms. The summed E-state index contributed by atoms with van der Waals surface area (Å²) < 4.78 is 62.8. The van der Waals surface area contributed by atoms with E-state index in [9.17, 15) is 73.2 Å². The van der Waals surface area contributed by atoms with Gasteiger partial charge in [0.15, 0.2) is 17.7 Å². The van der Waals surface area contributed by atoms with E-state index >= 15 is 0 Å². The number of phosphoric ester groups is 3. The Labute approximate surface area is 468 Å². The maximum atomic E-state index is 13.1. The number of imidazole rings is 1. The van der Waals surface area contributed by atoms with E-state index in [0.29, 0.717) is 31.3 Å². The molecule has 0 radical (unpaired) electrons. The number of phosphoric acid groups is 3. The number of carbonyl (C=O) groups is 3. The Kier molecular flexibility index (Phi) is 20.2. The van der Waals surface area contributed by atoms with Gasteiger partial charge in [0, 0.05) is 36.1 Å². The largest absolute Gasteiger partial charge is 0.481 e. The standard InChI is InChI=1S/C49H80N7O20P3S/c1-26(9-8-10-27(2)48(6)15-12-30-36-31(21-34(59)49(30,48)7)47(5)14-11-29(57)19-28(47)20-32(36)58)45(64)80-18-17-51-35(60)13-16-52-43(63)40(62)46(3,4)23-73-79(70,71)76-78(68,69)72-22-33-39(75-77(65,66)67)38(61)44(74-33)56-25-55-37-41(50)53-24-54-42(37)56/h9,24-25,27-34,36,38-40,44,57-59,61-62H,8,10-23H2,1-7H3,(H,51,60)(H,52,63)(H,68,69)(H,70,71)(H2,50,53,54)(H2,65,66,67)/b26-9+/t27-,28-,29-,30+,31+,32-,33-,34+,36+,38-,39-,40+,44-,47+,48-,49-/m1/s1. The summed E-state index contributed by atoms with van der Waals surface area (Å²) in [5, 5.41) is 60.9. The first-order valence-electron chi connectivity index (χ1n) is 26.9. The summed E-state index contributed by atoms with van der Waals surface area (Å²) >= 11 is 1.06. The fraction of sp³-hybridized carbons (Fsp3) is 0.796. The smallest absolute Gasteiger partial charge is 0.393 e. The van der Waals surface area contributed by atoms with E-state index in [-0.39, 0.29) is 99.3 Å². The van der Waals surface area contributed by atoms with E-state index < -0.39 is 96.8 Å². The van der Waals surface area contributed by atoms with Gasteiger partial charge < -0.3 is 66.2 Å². The Hall–Kier alpha value is -2.82. The molecule has 0 spiro atoms. The fourth-order valence-electron chi connectivity index (χ4n) is 13.7. The molecule has 0 aromatic carbocycles. The molecule has 5 fully saturated rings. The number of nitrogen functional groups attached to an aromatic ring is 1. The van der Waals surface area contributed by atoms with E-state index in [1.54, 1.807) is 6.92 Å². The van der Waals surface area contributed by atoms with Crippen LogP contribution in [0, 0.1) is 51.2 Å². The zero-order chi connectivity index (χ0) is 59.1. The number of thioether (sulfide) groups is 1. The molecule has 2 aromatic heterocycles. The summed E-state index contributed by atoms with van der Waals surface area (Å²) in [6, 6.07) is 0. The number of carbonyl (C=O) groups excluding carboxylic acids is 3. The minimum Gasteiger partial charge on any atom is -0.393 e. The van der Waals surface area contributed by atoms with E-state index in [0.717, 1.165) is 61.1 Å². The molecule has 452 valence electrons. The molecular formula is C49H80N7O20P3S. The molecule has 1 aliphatic heterocycles. The zero-order valence-corrected chi connectivity index (χ0v) is 49.5. The average molecular weight is 1210 g/mol.